The van der Waals surface area contributed by atoms with Crippen molar-refractivity contribution < 1.29 is 4.79 Å². The van der Waals surface area contributed by atoms with Gasteiger partial charge in [0.15, 0.2) is 0 Å². The number of imidazole rings is 1. The van der Waals surface area contributed by atoms with Crippen molar-refractivity contribution >= 4 is 11.4 Å². The first-order valence-corrected chi connectivity index (χ1v) is 7.54. The molecule has 1 N–H and O–H groups in total. The van der Waals surface area contributed by atoms with E-state index in [0.29, 0.717) is 13.0 Å². The molecule has 0 unspecified atom stereocenters. The van der Waals surface area contributed by atoms with Crippen molar-refractivity contribution in [1.29, 1.82) is 0 Å². The Bertz CT molecular complexity index is 749. The second kappa shape index (κ2) is 6.89. The fourth-order valence-corrected chi connectivity index (χ4v) is 2.49. The van der Waals surface area contributed by atoms with Gasteiger partial charge in [0, 0.05) is 25.6 Å². The highest BCUT2D eigenvalue weighted by molar-refractivity contribution is 5.76. The molecule has 0 fully saturated rings. The Hall–Kier alpha value is -2.62. The molecule has 1 aromatic carbocycles. The molecule has 2 aromatic heterocycles. The predicted molar refractivity (Wildman–Crippen MR) is 86.7 cm³/mol. The summed E-state index contributed by atoms with van der Waals surface area (Å²) in [6, 6.07) is 16.1. The van der Waals surface area contributed by atoms with Crippen molar-refractivity contribution in [2.24, 2.45) is 0 Å². The molecule has 1 amide bonds. The maximum absolute atomic E-state index is 11.9. The Morgan fingerprint density at radius 2 is 1.86 bits per heavy atom. The van der Waals surface area contributed by atoms with E-state index >= 15 is 0 Å². The highest BCUT2D eigenvalue weighted by atomic mass is 16.1. The zero-order valence-corrected chi connectivity index (χ0v) is 12.4. The van der Waals surface area contributed by atoms with E-state index in [0.717, 1.165) is 24.2 Å². The van der Waals surface area contributed by atoms with E-state index in [1.807, 2.05) is 60.9 Å². The van der Waals surface area contributed by atoms with Gasteiger partial charge in [0.25, 0.3) is 0 Å². The second-order valence-corrected chi connectivity index (χ2v) is 5.26. The molecule has 3 aromatic rings. The molecule has 112 valence electrons. The summed E-state index contributed by atoms with van der Waals surface area (Å²) in [4.78, 5) is 16.3. The summed E-state index contributed by atoms with van der Waals surface area (Å²) in [5, 5.41) is 2.96. The largest absolute Gasteiger partial charge is 0.356 e. The number of aromatic nitrogens is 2. The van der Waals surface area contributed by atoms with Gasteiger partial charge in [0.2, 0.25) is 5.91 Å². The average Bonchev–Trinajstić information content (AvgIpc) is 2.97. The number of hydrogen-bond donors (Lipinski definition) is 1. The number of carbonyl (C=O) groups excluding carboxylic acids is 1. The van der Waals surface area contributed by atoms with Gasteiger partial charge >= 0.3 is 0 Å². The summed E-state index contributed by atoms with van der Waals surface area (Å²) >= 11 is 0. The van der Waals surface area contributed by atoms with E-state index < -0.39 is 0 Å². The van der Waals surface area contributed by atoms with Crippen molar-refractivity contribution in [2.45, 2.75) is 19.3 Å². The molecular formula is C18H19N3O. The van der Waals surface area contributed by atoms with Crippen LogP contribution in [0.3, 0.4) is 0 Å². The van der Waals surface area contributed by atoms with Crippen molar-refractivity contribution in [2.75, 3.05) is 6.54 Å². The Balaban J connectivity index is 1.45. The Labute approximate surface area is 129 Å². The molecule has 0 aliphatic heterocycles. The van der Waals surface area contributed by atoms with Gasteiger partial charge in [-0.15, -0.1) is 0 Å². The summed E-state index contributed by atoms with van der Waals surface area (Å²) in [6.07, 6.45) is 5.88. The van der Waals surface area contributed by atoms with Gasteiger partial charge < -0.3 is 9.72 Å². The Morgan fingerprint density at radius 3 is 2.73 bits per heavy atom. The van der Waals surface area contributed by atoms with E-state index in [4.69, 9.17) is 0 Å². The maximum Gasteiger partial charge on any atom is 0.220 e. The summed E-state index contributed by atoms with van der Waals surface area (Å²) in [6.45, 7) is 0.613. The van der Waals surface area contributed by atoms with Gasteiger partial charge in [-0.2, -0.15) is 0 Å². The number of amides is 1. The number of benzene rings is 1. The summed E-state index contributed by atoms with van der Waals surface area (Å²) < 4.78 is 2.05. The van der Waals surface area contributed by atoms with Crippen LogP contribution in [0.15, 0.2) is 60.9 Å². The molecule has 4 heteroatoms. The lowest BCUT2D eigenvalue weighted by molar-refractivity contribution is -0.121. The van der Waals surface area contributed by atoms with E-state index in [1.54, 1.807) is 0 Å². The molecule has 0 aliphatic rings. The quantitative estimate of drug-likeness (QED) is 0.759. The number of rotatable bonds is 6. The molecule has 2 heterocycles. The van der Waals surface area contributed by atoms with E-state index in [2.05, 4.69) is 14.7 Å². The number of aryl methyl sites for hydroxylation is 1. The van der Waals surface area contributed by atoms with Crippen LogP contribution in [0.1, 0.15) is 17.8 Å². The smallest absolute Gasteiger partial charge is 0.220 e. The van der Waals surface area contributed by atoms with Gasteiger partial charge in [0.1, 0.15) is 5.82 Å². The summed E-state index contributed by atoms with van der Waals surface area (Å²) in [5.41, 5.74) is 2.27. The molecule has 0 radical (unpaired) electrons. The molecule has 22 heavy (non-hydrogen) atoms. The van der Waals surface area contributed by atoms with Gasteiger partial charge in [-0.25, -0.2) is 4.98 Å². The first-order valence-electron chi connectivity index (χ1n) is 7.54. The normalized spacial score (nSPS) is 10.7. The third-order valence-electron chi connectivity index (χ3n) is 3.67. The molecule has 4 nitrogen and oxygen atoms in total. The lowest BCUT2D eigenvalue weighted by Gasteiger charge is -2.05. The standard InChI is InChI=1S/C18H19N3O/c22-18(10-9-15-6-2-1-3-7-15)19-12-11-17-20-14-16-8-4-5-13-21(16)17/h1-8,13-14H,9-12H2,(H,19,22). The van der Waals surface area contributed by atoms with E-state index in [9.17, 15) is 4.79 Å². The molecule has 0 spiro atoms. The zero-order chi connectivity index (χ0) is 15.2. The minimum absolute atomic E-state index is 0.0877. The summed E-state index contributed by atoms with van der Waals surface area (Å²) in [7, 11) is 0. The number of carbonyl (C=O) groups is 1. The van der Waals surface area contributed by atoms with Crippen LogP contribution in [0, 0.1) is 0 Å². The van der Waals surface area contributed by atoms with Gasteiger partial charge in [-0.05, 0) is 24.1 Å². The Morgan fingerprint density at radius 1 is 1.05 bits per heavy atom. The number of nitrogens with zero attached hydrogens (tertiary/aromatic N) is 2. The number of pyridine rings is 1. The highest BCUT2D eigenvalue weighted by Crippen LogP contribution is 2.06. The number of fused-ring (bicyclic) bond motifs is 1. The van der Waals surface area contributed by atoms with E-state index in [-0.39, 0.29) is 5.91 Å². The molecule has 0 saturated carbocycles. The number of hydrogen-bond acceptors (Lipinski definition) is 2. The Kier molecular flexibility index (Phi) is 4.49. The molecule has 0 bridgehead atoms. The second-order valence-electron chi connectivity index (χ2n) is 5.26. The first-order chi connectivity index (χ1) is 10.8. The SMILES string of the molecule is O=C(CCc1ccccc1)NCCc1ncc2ccccn12. The monoisotopic (exact) mass is 293 g/mol. The zero-order valence-electron chi connectivity index (χ0n) is 12.4. The lowest BCUT2D eigenvalue weighted by Crippen LogP contribution is -2.26. The minimum Gasteiger partial charge on any atom is -0.356 e. The van der Waals surface area contributed by atoms with Crippen LogP contribution in [0.4, 0.5) is 0 Å². The lowest BCUT2D eigenvalue weighted by atomic mass is 10.1. The summed E-state index contributed by atoms with van der Waals surface area (Å²) in [5.74, 6) is 1.06. The van der Waals surface area contributed by atoms with Crippen molar-refractivity contribution in [1.82, 2.24) is 14.7 Å². The van der Waals surface area contributed by atoms with Crippen molar-refractivity contribution in [3.05, 3.63) is 72.3 Å². The minimum atomic E-state index is 0.0877. The van der Waals surface area contributed by atoms with Crippen molar-refractivity contribution in [3.8, 4) is 0 Å². The van der Waals surface area contributed by atoms with Crippen LogP contribution in [0.5, 0.6) is 0 Å². The van der Waals surface area contributed by atoms with Gasteiger partial charge in [-0.3, -0.25) is 4.79 Å². The third kappa shape index (κ3) is 3.52. The molecule has 0 atom stereocenters. The molecule has 0 saturated heterocycles. The van der Waals surface area contributed by atoms with Crippen LogP contribution < -0.4 is 5.32 Å². The van der Waals surface area contributed by atoms with Gasteiger partial charge in [-0.1, -0.05) is 36.4 Å². The van der Waals surface area contributed by atoms with Gasteiger partial charge in [0.05, 0.1) is 11.7 Å². The molecule has 0 aliphatic carbocycles. The van der Waals surface area contributed by atoms with Crippen LogP contribution in [-0.2, 0) is 17.6 Å². The average molecular weight is 293 g/mol. The fourth-order valence-electron chi connectivity index (χ4n) is 2.49. The third-order valence-corrected chi connectivity index (χ3v) is 3.67. The highest BCUT2D eigenvalue weighted by Gasteiger charge is 2.05. The topological polar surface area (TPSA) is 46.4 Å². The van der Waals surface area contributed by atoms with E-state index in [1.165, 1.54) is 5.56 Å². The van der Waals surface area contributed by atoms with Crippen molar-refractivity contribution in [3.63, 3.8) is 0 Å². The molecule has 3 rings (SSSR count). The van der Waals surface area contributed by atoms with Crippen LogP contribution in [-0.4, -0.2) is 21.8 Å². The predicted octanol–water partition coefficient (Wildman–Crippen LogP) is 2.63. The fraction of sp³-hybridized carbons (Fsp3) is 0.222. The van der Waals surface area contributed by atoms with Crippen LogP contribution in [0.2, 0.25) is 0 Å². The van der Waals surface area contributed by atoms with Crippen LogP contribution >= 0.6 is 0 Å². The number of nitrogens with one attached hydrogen (secondary N) is 1. The first kappa shape index (κ1) is 14.3. The van der Waals surface area contributed by atoms with Crippen LogP contribution in [0.25, 0.3) is 5.52 Å². The maximum atomic E-state index is 11.9. The molecular weight excluding hydrogens is 274 g/mol.